The summed E-state index contributed by atoms with van der Waals surface area (Å²) in [7, 11) is 1.96. The summed E-state index contributed by atoms with van der Waals surface area (Å²) in [5.41, 5.74) is 7.72. The Morgan fingerprint density at radius 2 is 2.12 bits per heavy atom. The van der Waals surface area contributed by atoms with E-state index in [9.17, 15) is 5.11 Å². The first-order chi connectivity index (χ1) is 8.15. The SMILES string of the molecule is CC(CO)N(C)c1ccc(N)c2ccncc12. The highest BCUT2D eigenvalue weighted by Crippen LogP contribution is 2.30. The van der Waals surface area contributed by atoms with Crippen LogP contribution in [0, 0.1) is 0 Å². The van der Waals surface area contributed by atoms with Crippen molar-refractivity contribution in [1.82, 2.24) is 4.98 Å². The van der Waals surface area contributed by atoms with Gasteiger partial charge in [0.05, 0.1) is 6.61 Å². The van der Waals surface area contributed by atoms with Crippen molar-refractivity contribution in [3.05, 3.63) is 30.6 Å². The molecular weight excluding hydrogens is 214 g/mol. The number of aliphatic hydroxyl groups excluding tert-OH is 1. The lowest BCUT2D eigenvalue weighted by Gasteiger charge is -2.26. The summed E-state index contributed by atoms with van der Waals surface area (Å²) < 4.78 is 0. The molecule has 90 valence electrons. The third kappa shape index (κ3) is 2.03. The second kappa shape index (κ2) is 4.59. The van der Waals surface area contributed by atoms with Crippen LogP contribution in [0.25, 0.3) is 10.8 Å². The molecule has 0 spiro atoms. The summed E-state index contributed by atoms with van der Waals surface area (Å²) in [6.07, 6.45) is 3.54. The van der Waals surface area contributed by atoms with Gasteiger partial charge in [-0.1, -0.05) is 0 Å². The number of nitrogens with two attached hydrogens (primary N) is 1. The number of nitrogen functional groups attached to an aromatic ring is 1. The summed E-state index contributed by atoms with van der Waals surface area (Å²) >= 11 is 0. The number of aromatic nitrogens is 1. The summed E-state index contributed by atoms with van der Waals surface area (Å²) in [6.45, 7) is 2.08. The van der Waals surface area contributed by atoms with Crippen LogP contribution >= 0.6 is 0 Å². The Hall–Kier alpha value is -1.81. The Morgan fingerprint density at radius 3 is 2.82 bits per heavy atom. The molecule has 0 amide bonds. The molecule has 0 bridgehead atoms. The van der Waals surface area contributed by atoms with E-state index in [1.165, 1.54) is 0 Å². The van der Waals surface area contributed by atoms with Crippen molar-refractivity contribution in [3.8, 4) is 0 Å². The average Bonchev–Trinajstić information content (AvgIpc) is 2.38. The molecule has 1 heterocycles. The lowest BCUT2D eigenvalue weighted by atomic mass is 10.1. The first kappa shape index (κ1) is 11.7. The molecule has 1 unspecified atom stereocenters. The zero-order valence-electron chi connectivity index (χ0n) is 10.1. The molecular formula is C13H17N3O. The average molecular weight is 231 g/mol. The maximum Gasteiger partial charge on any atom is 0.0632 e. The van der Waals surface area contributed by atoms with Gasteiger partial charge < -0.3 is 15.7 Å². The standard InChI is InChI=1S/C13H17N3O/c1-9(8-17)16(2)13-4-3-12(14)10-5-6-15-7-11(10)13/h3-7,9,17H,8,14H2,1-2H3. The molecule has 3 N–H and O–H groups in total. The summed E-state index contributed by atoms with van der Waals surface area (Å²) in [4.78, 5) is 6.17. The monoisotopic (exact) mass is 231 g/mol. The minimum atomic E-state index is 0.0574. The van der Waals surface area contributed by atoms with Crippen LogP contribution in [0.15, 0.2) is 30.6 Å². The van der Waals surface area contributed by atoms with Crippen molar-refractivity contribution in [1.29, 1.82) is 0 Å². The van der Waals surface area contributed by atoms with Gasteiger partial charge in [-0.25, -0.2) is 0 Å². The second-order valence-electron chi connectivity index (χ2n) is 4.24. The Morgan fingerprint density at radius 1 is 1.35 bits per heavy atom. The second-order valence-corrected chi connectivity index (χ2v) is 4.24. The van der Waals surface area contributed by atoms with Crippen LogP contribution < -0.4 is 10.6 Å². The van der Waals surface area contributed by atoms with Gasteiger partial charge in [-0.3, -0.25) is 4.98 Å². The predicted octanol–water partition coefficient (Wildman–Crippen LogP) is 1.63. The third-order valence-corrected chi connectivity index (χ3v) is 3.13. The van der Waals surface area contributed by atoms with Gasteiger partial charge >= 0.3 is 0 Å². The van der Waals surface area contributed by atoms with Crippen molar-refractivity contribution < 1.29 is 5.11 Å². The van der Waals surface area contributed by atoms with E-state index < -0.39 is 0 Å². The van der Waals surface area contributed by atoms with E-state index in [1.54, 1.807) is 6.20 Å². The summed E-state index contributed by atoms with van der Waals surface area (Å²) in [5, 5.41) is 11.2. The molecule has 4 nitrogen and oxygen atoms in total. The minimum Gasteiger partial charge on any atom is -0.398 e. The largest absolute Gasteiger partial charge is 0.398 e. The number of likely N-dealkylation sites (N-methyl/N-ethyl adjacent to an activating group) is 1. The minimum absolute atomic E-state index is 0.0574. The van der Waals surface area contributed by atoms with Crippen molar-refractivity contribution in [2.75, 3.05) is 24.3 Å². The van der Waals surface area contributed by atoms with E-state index in [1.807, 2.05) is 43.3 Å². The molecule has 0 aliphatic carbocycles. The first-order valence-electron chi connectivity index (χ1n) is 5.61. The van der Waals surface area contributed by atoms with Gasteiger partial charge in [0, 0.05) is 47.6 Å². The number of hydrogen-bond donors (Lipinski definition) is 2. The number of rotatable bonds is 3. The Kier molecular flexibility index (Phi) is 3.15. The van der Waals surface area contributed by atoms with E-state index in [0.717, 1.165) is 22.1 Å². The van der Waals surface area contributed by atoms with Crippen LogP contribution in [-0.4, -0.2) is 29.8 Å². The molecule has 0 fully saturated rings. The van der Waals surface area contributed by atoms with E-state index in [2.05, 4.69) is 4.98 Å². The zero-order chi connectivity index (χ0) is 12.4. The van der Waals surface area contributed by atoms with Crippen LogP contribution in [0.3, 0.4) is 0 Å². The molecule has 0 aliphatic heterocycles. The number of pyridine rings is 1. The fourth-order valence-electron chi connectivity index (χ4n) is 1.87. The van der Waals surface area contributed by atoms with Gasteiger partial charge in [-0.05, 0) is 25.1 Å². The normalized spacial score (nSPS) is 12.6. The smallest absolute Gasteiger partial charge is 0.0632 e. The number of anilines is 2. The predicted molar refractivity (Wildman–Crippen MR) is 71.1 cm³/mol. The lowest BCUT2D eigenvalue weighted by molar-refractivity contribution is 0.270. The molecule has 2 rings (SSSR count). The number of benzene rings is 1. The van der Waals surface area contributed by atoms with Crippen LogP contribution in [-0.2, 0) is 0 Å². The molecule has 1 aromatic heterocycles. The number of nitrogens with zero attached hydrogens (tertiary/aromatic N) is 2. The van der Waals surface area contributed by atoms with Gasteiger partial charge in [0.15, 0.2) is 0 Å². The number of aliphatic hydroxyl groups is 1. The Balaban J connectivity index is 2.59. The molecule has 0 radical (unpaired) electrons. The topological polar surface area (TPSA) is 62.4 Å². The van der Waals surface area contributed by atoms with Gasteiger partial charge in [-0.15, -0.1) is 0 Å². The molecule has 17 heavy (non-hydrogen) atoms. The van der Waals surface area contributed by atoms with Crippen LogP contribution in [0.4, 0.5) is 11.4 Å². The molecule has 4 heteroatoms. The molecule has 0 saturated carbocycles. The molecule has 1 aromatic carbocycles. The maximum atomic E-state index is 9.21. The summed E-state index contributed by atoms with van der Waals surface area (Å²) in [6, 6.07) is 5.82. The highest BCUT2D eigenvalue weighted by Gasteiger charge is 2.12. The van der Waals surface area contributed by atoms with E-state index >= 15 is 0 Å². The van der Waals surface area contributed by atoms with E-state index in [-0.39, 0.29) is 12.6 Å². The van der Waals surface area contributed by atoms with E-state index in [4.69, 9.17) is 5.73 Å². The van der Waals surface area contributed by atoms with Crippen molar-refractivity contribution in [2.24, 2.45) is 0 Å². The van der Waals surface area contributed by atoms with Crippen LogP contribution in [0.1, 0.15) is 6.92 Å². The van der Waals surface area contributed by atoms with Crippen LogP contribution in [0.5, 0.6) is 0 Å². The molecule has 2 aromatic rings. The molecule has 0 saturated heterocycles. The summed E-state index contributed by atoms with van der Waals surface area (Å²) in [5.74, 6) is 0. The Labute approximate surface area is 101 Å². The fourth-order valence-corrected chi connectivity index (χ4v) is 1.87. The number of hydrogen-bond acceptors (Lipinski definition) is 4. The highest BCUT2D eigenvalue weighted by atomic mass is 16.3. The van der Waals surface area contributed by atoms with Gasteiger partial charge in [0.1, 0.15) is 0 Å². The van der Waals surface area contributed by atoms with Crippen molar-refractivity contribution in [2.45, 2.75) is 13.0 Å². The van der Waals surface area contributed by atoms with Gasteiger partial charge in [-0.2, -0.15) is 0 Å². The van der Waals surface area contributed by atoms with Crippen molar-refractivity contribution >= 4 is 22.1 Å². The van der Waals surface area contributed by atoms with Crippen LogP contribution in [0.2, 0.25) is 0 Å². The Bertz CT molecular complexity index is 527. The zero-order valence-corrected chi connectivity index (χ0v) is 10.1. The number of fused-ring (bicyclic) bond motifs is 1. The van der Waals surface area contributed by atoms with E-state index in [0.29, 0.717) is 0 Å². The lowest BCUT2D eigenvalue weighted by Crippen LogP contribution is -2.31. The van der Waals surface area contributed by atoms with Crippen molar-refractivity contribution in [3.63, 3.8) is 0 Å². The first-order valence-corrected chi connectivity index (χ1v) is 5.61. The highest BCUT2D eigenvalue weighted by molar-refractivity contribution is 6.00. The quantitative estimate of drug-likeness (QED) is 0.788. The third-order valence-electron chi connectivity index (χ3n) is 3.13. The molecule has 0 aliphatic rings. The molecule has 1 atom stereocenters. The van der Waals surface area contributed by atoms with Gasteiger partial charge in [0.2, 0.25) is 0 Å². The van der Waals surface area contributed by atoms with Gasteiger partial charge in [0.25, 0.3) is 0 Å². The maximum absolute atomic E-state index is 9.21. The fraction of sp³-hybridized carbons (Fsp3) is 0.308.